The van der Waals surface area contributed by atoms with Gasteiger partial charge in [0.25, 0.3) is 5.91 Å². The maximum absolute atomic E-state index is 13.8. The lowest BCUT2D eigenvalue weighted by atomic mass is 9.85. The van der Waals surface area contributed by atoms with Gasteiger partial charge in [-0.3, -0.25) is 24.5 Å². The van der Waals surface area contributed by atoms with Gasteiger partial charge in [0.05, 0.1) is 24.1 Å². The van der Waals surface area contributed by atoms with Gasteiger partial charge < -0.3 is 29.7 Å². The summed E-state index contributed by atoms with van der Waals surface area (Å²) in [5.41, 5.74) is -0.266. The van der Waals surface area contributed by atoms with Crippen molar-refractivity contribution in [1.29, 1.82) is 0 Å². The van der Waals surface area contributed by atoms with Crippen molar-refractivity contribution in [3.63, 3.8) is 0 Å². The molecule has 3 rings (SSSR count). The lowest BCUT2D eigenvalue weighted by molar-refractivity contribution is -0.164. The largest absolute Gasteiger partial charge is 0.453 e. The van der Waals surface area contributed by atoms with Crippen molar-refractivity contribution in [2.75, 3.05) is 25.6 Å². The fourth-order valence-corrected chi connectivity index (χ4v) is 4.79. The quantitative estimate of drug-likeness (QED) is 0.406. The third-order valence-electron chi connectivity index (χ3n) is 6.49. The van der Waals surface area contributed by atoms with Gasteiger partial charge >= 0.3 is 12.1 Å². The minimum Gasteiger partial charge on any atom is -0.453 e. The highest BCUT2D eigenvalue weighted by Gasteiger charge is 2.44. The SMILES string of the molecule is CCO[C@@H]1OC(=O)C[C@@H]1NC(=O)[C@@H]1CCCN1C(=O)[C@@H](NC(=O)c1ccc(NC(=O)OC)cc1Cl)C(C)(C)C. The highest BCUT2D eigenvalue weighted by atomic mass is 35.5. The van der Waals surface area contributed by atoms with E-state index in [1.807, 2.05) is 0 Å². The summed E-state index contributed by atoms with van der Waals surface area (Å²) < 4.78 is 15.1. The van der Waals surface area contributed by atoms with Gasteiger partial charge in [0.1, 0.15) is 18.1 Å². The van der Waals surface area contributed by atoms with Crippen LogP contribution in [0.2, 0.25) is 5.02 Å². The molecule has 2 saturated heterocycles. The number of hydrogen-bond donors (Lipinski definition) is 3. The first-order valence-corrected chi connectivity index (χ1v) is 13.1. The second-order valence-corrected chi connectivity index (χ2v) is 10.8. The second-order valence-electron chi connectivity index (χ2n) is 10.4. The molecule has 0 radical (unpaired) electrons. The summed E-state index contributed by atoms with van der Waals surface area (Å²) >= 11 is 6.30. The zero-order valence-corrected chi connectivity index (χ0v) is 23.4. The zero-order valence-electron chi connectivity index (χ0n) is 22.7. The van der Waals surface area contributed by atoms with E-state index in [2.05, 4.69) is 20.7 Å². The van der Waals surface area contributed by atoms with Crippen molar-refractivity contribution in [2.24, 2.45) is 5.41 Å². The number of halogens is 1. The number of cyclic esters (lactones) is 1. The van der Waals surface area contributed by atoms with Crippen molar-refractivity contribution in [2.45, 2.75) is 71.4 Å². The summed E-state index contributed by atoms with van der Waals surface area (Å²) in [6, 6.07) is 1.91. The lowest BCUT2D eigenvalue weighted by Gasteiger charge is -2.35. The molecule has 1 aromatic rings. The van der Waals surface area contributed by atoms with Gasteiger partial charge in [-0.15, -0.1) is 0 Å². The number of rotatable bonds is 8. The Hall–Kier alpha value is -3.38. The van der Waals surface area contributed by atoms with Gasteiger partial charge in [0.15, 0.2) is 0 Å². The molecular weight excluding hydrogens is 532 g/mol. The van der Waals surface area contributed by atoms with E-state index in [0.717, 1.165) is 0 Å². The molecule has 2 heterocycles. The molecule has 4 amide bonds. The van der Waals surface area contributed by atoms with E-state index in [-0.39, 0.29) is 17.0 Å². The molecule has 2 aliphatic heterocycles. The molecule has 0 spiro atoms. The average molecular weight is 567 g/mol. The van der Waals surface area contributed by atoms with Crippen molar-refractivity contribution >= 4 is 47.1 Å². The predicted octanol–water partition coefficient (Wildman–Crippen LogP) is 2.45. The first kappa shape index (κ1) is 30.2. The van der Waals surface area contributed by atoms with Crippen LogP contribution in [0, 0.1) is 5.41 Å². The Morgan fingerprint density at radius 2 is 1.95 bits per heavy atom. The summed E-state index contributed by atoms with van der Waals surface area (Å²) in [6.45, 7) is 7.81. The first-order chi connectivity index (χ1) is 18.3. The number of hydrogen-bond acceptors (Lipinski definition) is 8. The number of methoxy groups -OCH3 is 1. The smallest absolute Gasteiger partial charge is 0.411 e. The van der Waals surface area contributed by atoms with E-state index < -0.39 is 59.6 Å². The van der Waals surface area contributed by atoms with Crippen LogP contribution in [0.1, 0.15) is 57.3 Å². The molecule has 4 atom stereocenters. The van der Waals surface area contributed by atoms with E-state index in [0.29, 0.717) is 31.7 Å². The van der Waals surface area contributed by atoms with E-state index in [1.54, 1.807) is 27.7 Å². The monoisotopic (exact) mass is 566 g/mol. The summed E-state index contributed by atoms with van der Waals surface area (Å²) in [7, 11) is 1.22. The van der Waals surface area contributed by atoms with Crippen LogP contribution in [0.4, 0.5) is 10.5 Å². The molecule has 13 heteroatoms. The van der Waals surface area contributed by atoms with Crippen LogP contribution in [0.15, 0.2) is 18.2 Å². The molecule has 0 unspecified atom stereocenters. The molecule has 2 fully saturated rings. The van der Waals surface area contributed by atoms with E-state index >= 15 is 0 Å². The summed E-state index contributed by atoms with van der Waals surface area (Å²) in [5, 5.41) is 8.11. The number of carbonyl (C=O) groups is 5. The molecule has 12 nitrogen and oxygen atoms in total. The number of carbonyl (C=O) groups excluding carboxylic acids is 5. The third kappa shape index (κ3) is 7.39. The normalized spacial score (nSPS) is 21.6. The Labute approximate surface area is 232 Å². The van der Waals surface area contributed by atoms with Gasteiger partial charge in [-0.2, -0.15) is 0 Å². The van der Waals surface area contributed by atoms with Crippen LogP contribution in [0.25, 0.3) is 0 Å². The van der Waals surface area contributed by atoms with Crippen LogP contribution in [-0.4, -0.2) is 79.4 Å². The number of amides is 4. The van der Waals surface area contributed by atoms with Gasteiger partial charge in [0.2, 0.25) is 18.1 Å². The Bertz CT molecular complexity index is 1120. The summed E-state index contributed by atoms with van der Waals surface area (Å²) in [5.74, 6) is -1.88. The maximum atomic E-state index is 13.8. The summed E-state index contributed by atoms with van der Waals surface area (Å²) in [6.07, 6.45) is -0.552. The Kier molecular flexibility index (Phi) is 9.78. The van der Waals surface area contributed by atoms with E-state index in [1.165, 1.54) is 30.2 Å². The van der Waals surface area contributed by atoms with Gasteiger partial charge in [-0.25, -0.2) is 4.79 Å². The zero-order chi connectivity index (χ0) is 28.9. The van der Waals surface area contributed by atoms with Crippen LogP contribution in [-0.2, 0) is 28.6 Å². The van der Waals surface area contributed by atoms with Crippen molar-refractivity contribution in [3.05, 3.63) is 28.8 Å². The number of esters is 1. The number of ether oxygens (including phenoxy) is 3. The Morgan fingerprint density at radius 1 is 1.23 bits per heavy atom. The average Bonchev–Trinajstić information content (AvgIpc) is 3.48. The molecule has 1 aromatic carbocycles. The van der Waals surface area contributed by atoms with Crippen molar-refractivity contribution in [1.82, 2.24) is 15.5 Å². The van der Waals surface area contributed by atoms with Crippen LogP contribution in [0.3, 0.4) is 0 Å². The van der Waals surface area contributed by atoms with Crippen molar-refractivity contribution < 1.29 is 38.2 Å². The fraction of sp³-hybridized carbons (Fsp3) is 0.577. The topological polar surface area (TPSA) is 152 Å². The molecule has 3 N–H and O–H groups in total. The molecule has 0 bridgehead atoms. The molecule has 0 aliphatic carbocycles. The number of likely N-dealkylation sites (tertiary alicyclic amines) is 1. The lowest BCUT2D eigenvalue weighted by Crippen LogP contribution is -2.58. The van der Waals surface area contributed by atoms with Gasteiger partial charge in [0, 0.05) is 18.8 Å². The van der Waals surface area contributed by atoms with Crippen LogP contribution in [0.5, 0.6) is 0 Å². The molecule has 2 aliphatic rings. The highest BCUT2D eigenvalue weighted by Crippen LogP contribution is 2.28. The molecular formula is C26H35ClN4O8. The molecule has 0 aromatic heterocycles. The molecule has 214 valence electrons. The minimum absolute atomic E-state index is 0.0214. The van der Waals surface area contributed by atoms with E-state index in [4.69, 9.17) is 21.1 Å². The Morgan fingerprint density at radius 3 is 2.56 bits per heavy atom. The number of anilines is 1. The highest BCUT2D eigenvalue weighted by molar-refractivity contribution is 6.34. The fourth-order valence-electron chi connectivity index (χ4n) is 4.52. The Balaban J connectivity index is 1.74. The van der Waals surface area contributed by atoms with Crippen LogP contribution < -0.4 is 16.0 Å². The standard InChI is InChI=1S/C26H35ClN4O8/c1-6-38-24-17(13-19(32)39-24)29-22(34)18-8-7-11-31(18)23(35)20(26(2,3)4)30-21(33)15-10-9-14(12-16(15)27)28-25(36)37-5/h9-10,12,17-18,20,24H,6-8,11,13H2,1-5H3,(H,28,36)(H,29,34)(H,30,33)/t17-,18-,20+,24+/m0/s1. The van der Waals surface area contributed by atoms with E-state index in [9.17, 15) is 24.0 Å². The molecule has 0 saturated carbocycles. The second kappa shape index (κ2) is 12.6. The first-order valence-electron chi connectivity index (χ1n) is 12.7. The third-order valence-corrected chi connectivity index (χ3v) is 6.81. The number of nitrogens with one attached hydrogen (secondary N) is 3. The van der Waals surface area contributed by atoms with Crippen LogP contribution >= 0.6 is 11.6 Å². The number of nitrogens with zero attached hydrogens (tertiary/aromatic N) is 1. The molecule has 39 heavy (non-hydrogen) atoms. The maximum Gasteiger partial charge on any atom is 0.411 e. The summed E-state index contributed by atoms with van der Waals surface area (Å²) in [4.78, 5) is 64.8. The van der Waals surface area contributed by atoms with Crippen molar-refractivity contribution in [3.8, 4) is 0 Å². The minimum atomic E-state index is -0.977. The van der Waals surface area contributed by atoms with Gasteiger partial charge in [-0.05, 0) is 43.4 Å². The number of benzene rings is 1. The predicted molar refractivity (Wildman–Crippen MR) is 141 cm³/mol. The van der Waals surface area contributed by atoms with Gasteiger partial charge in [-0.1, -0.05) is 32.4 Å².